The molecule has 0 aromatic heterocycles. The molecule has 0 spiro atoms. The topological polar surface area (TPSA) is 78.1 Å². The second kappa shape index (κ2) is 11.8. The van der Waals surface area contributed by atoms with Crippen molar-refractivity contribution in [2.75, 3.05) is 32.7 Å². The number of anilines is 1. The van der Waals surface area contributed by atoms with E-state index in [0.29, 0.717) is 35.6 Å². The van der Waals surface area contributed by atoms with Crippen LogP contribution in [0.2, 0.25) is 5.02 Å². The molecule has 0 fully saturated rings. The van der Waals surface area contributed by atoms with Gasteiger partial charge in [0.15, 0.2) is 17.5 Å². The fourth-order valence-corrected chi connectivity index (χ4v) is 2.55. The number of guanidine groups is 1. The van der Waals surface area contributed by atoms with Gasteiger partial charge in [-0.15, -0.1) is 24.0 Å². The van der Waals surface area contributed by atoms with Crippen molar-refractivity contribution in [3.63, 3.8) is 0 Å². The standard InChI is InChI=1S/C19H24ClN3O3.HI/c1-13-11-14(20)5-7-16(13)26-10-4-9-22-19(21)23-15-6-8-17(24-2)18(12-15)25-3;/h5-8,11-12H,4,9-10H2,1-3H3,(H3,21,22,23);1H. The number of hydrogen-bond acceptors (Lipinski definition) is 4. The summed E-state index contributed by atoms with van der Waals surface area (Å²) in [6.07, 6.45) is 0.746. The number of aryl methyl sites for hydroxylation is 1. The molecule has 3 N–H and O–H groups in total. The molecule has 0 saturated heterocycles. The van der Waals surface area contributed by atoms with E-state index in [2.05, 4.69) is 10.3 Å². The number of halogens is 2. The Labute approximate surface area is 182 Å². The fourth-order valence-electron chi connectivity index (χ4n) is 2.32. The first-order chi connectivity index (χ1) is 12.5. The van der Waals surface area contributed by atoms with Crippen molar-refractivity contribution in [3.05, 3.63) is 47.0 Å². The zero-order valence-corrected chi connectivity index (χ0v) is 18.7. The fraction of sp³-hybridized carbons (Fsp3) is 0.316. The Morgan fingerprint density at radius 3 is 2.44 bits per heavy atom. The van der Waals surface area contributed by atoms with Gasteiger partial charge in [-0.05, 0) is 42.8 Å². The lowest BCUT2D eigenvalue weighted by atomic mass is 10.2. The van der Waals surface area contributed by atoms with Crippen molar-refractivity contribution in [2.24, 2.45) is 10.7 Å². The zero-order chi connectivity index (χ0) is 18.9. The van der Waals surface area contributed by atoms with E-state index in [1.807, 2.05) is 31.2 Å². The Morgan fingerprint density at radius 2 is 1.78 bits per heavy atom. The van der Waals surface area contributed by atoms with Crippen molar-refractivity contribution in [1.29, 1.82) is 0 Å². The molecule has 6 nitrogen and oxygen atoms in total. The van der Waals surface area contributed by atoms with Gasteiger partial charge in [0.1, 0.15) is 5.75 Å². The highest BCUT2D eigenvalue weighted by atomic mass is 127. The molecule has 27 heavy (non-hydrogen) atoms. The van der Waals surface area contributed by atoms with Crippen LogP contribution in [0.3, 0.4) is 0 Å². The number of rotatable bonds is 8. The number of nitrogens with zero attached hydrogens (tertiary/aromatic N) is 1. The van der Waals surface area contributed by atoms with Gasteiger partial charge in [-0.1, -0.05) is 11.6 Å². The third-order valence-electron chi connectivity index (χ3n) is 3.64. The normalized spacial score (nSPS) is 10.7. The van der Waals surface area contributed by atoms with E-state index >= 15 is 0 Å². The quantitative estimate of drug-likeness (QED) is 0.239. The zero-order valence-electron chi connectivity index (χ0n) is 15.6. The maximum Gasteiger partial charge on any atom is 0.193 e. The molecule has 2 aromatic carbocycles. The number of nitrogens with one attached hydrogen (secondary N) is 1. The summed E-state index contributed by atoms with van der Waals surface area (Å²) in [6.45, 7) is 3.07. The number of hydrogen-bond donors (Lipinski definition) is 2. The van der Waals surface area contributed by atoms with Crippen LogP contribution in [0, 0.1) is 6.92 Å². The predicted octanol–water partition coefficient (Wildman–Crippen LogP) is 4.48. The van der Waals surface area contributed by atoms with Crippen LogP contribution in [0.5, 0.6) is 17.2 Å². The second-order valence-corrected chi connectivity index (χ2v) is 6.01. The molecular formula is C19H25ClIN3O3. The van der Waals surface area contributed by atoms with E-state index in [9.17, 15) is 0 Å². The van der Waals surface area contributed by atoms with E-state index in [4.69, 9.17) is 31.5 Å². The highest BCUT2D eigenvalue weighted by Crippen LogP contribution is 2.29. The number of nitrogens with two attached hydrogens (primary N) is 1. The summed E-state index contributed by atoms with van der Waals surface area (Å²) >= 11 is 5.93. The van der Waals surface area contributed by atoms with Gasteiger partial charge in [-0.2, -0.15) is 0 Å². The molecule has 0 aliphatic heterocycles. The molecule has 0 radical (unpaired) electrons. The monoisotopic (exact) mass is 505 g/mol. The molecule has 0 aliphatic rings. The largest absolute Gasteiger partial charge is 0.493 e. The molecule has 0 saturated carbocycles. The molecule has 2 aromatic rings. The Hall–Kier alpha value is -1.87. The molecule has 0 amide bonds. The van der Waals surface area contributed by atoms with Crippen molar-refractivity contribution >= 4 is 47.2 Å². The van der Waals surface area contributed by atoms with Gasteiger partial charge in [0.25, 0.3) is 0 Å². The maximum absolute atomic E-state index is 5.93. The highest BCUT2D eigenvalue weighted by molar-refractivity contribution is 14.0. The second-order valence-electron chi connectivity index (χ2n) is 5.57. The first-order valence-electron chi connectivity index (χ1n) is 8.21. The summed E-state index contributed by atoms with van der Waals surface area (Å²) < 4.78 is 16.2. The minimum atomic E-state index is 0. The summed E-state index contributed by atoms with van der Waals surface area (Å²) in [5.41, 5.74) is 7.70. The SMILES string of the molecule is COc1ccc(NC(N)=NCCCOc2ccc(Cl)cc2C)cc1OC.I. The molecule has 0 unspecified atom stereocenters. The number of benzene rings is 2. The van der Waals surface area contributed by atoms with E-state index in [1.54, 1.807) is 26.4 Å². The van der Waals surface area contributed by atoms with Crippen LogP contribution in [-0.4, -0.2) is 33.3 Å². The van der Waals surface area contributed by atoms with Crippen LogP contribution in [-0.2, 0) is 0 Å². The van der Waals surface area contributed by atoms with Gasteiger partial charge in [-0.3, -0.25) is 4.99 Å². The lowest BCUT2D eigenvalue weighted by Crippen LogP contribution is -2.23. The van der Waals surface area contributed by atoms with Gasteiger partial charge in [0, 0.05) is 29.7 Å². The molecule has 0 atom stereocenters. The lowest BCUT2D eigenvalue weighted by molar-refractivity contribution is 0.311. The number of methoxy groups -OCH3 is 2. The van der Waals surface area contributed by atoms with Crippen LogP contribution in [0.4, 0.5) is 5.69 Å². The van der Waals surface area contributed by atoms with Crippen molar-refractivity contribution in [2.45, 2.75) is 13.3 Å². The first-order valence-corrected chi connectivity index (χ1v) is 8.59. The summed E-state index contributed by atoms with van der Waals surface area (Å²) in [5, 5.41) is 3.73. The Kier molecular flexibility index (Phi) is 10.1. The van der Waals surface area contributed by atoms with Gasteiger partial charge < -0.3 is 25.3 Å². The number of aliphatic imine (C=N–C) groups is 1. The molecule has 148 valence electrons. The minimum Gasteiger partial charge on any atom is -0.493 e. The van der Waals surface area contributed by atoms with Crippen LogP contribution < -0.4 is 25.3 Å². The van der Waals surface area contributed by atoms with Crippen molar-refractivity contribution in [1.82, 2.24) is 0 Å². The minimum absolute atomic E-state index is 0. The van der Waals surface area contributed by atoms with Gasteiger partial charge in [0.05, 0.1) is 20.8 Å². The van der Waals surface area contributed by atoms with Crippen LogP contribution >= 0.6 is 35.6 Å². The lowest BCUT2D eigenvalue weighted by Gasteiger charge is -2.11. The predicted molar refractivity (Wildman–Crippen MR) is 121 cm³/mol. The molecule has 0 bridgehead atoms. The summed E-state index contributed by atoms with van der Waals surface area (Å²) in [5.74, 6) is 2.44. The average molecular weight is 506 g/mol. The van der Waals surface area contributed by atoms with E-state index in [-0.39, 0.29) is 24.0 Å². The van der Waals surface area contributed by atoms with E-state index in [0.717, 1.165) is 23.4 Å². The smallest absolute Gasteiger partial charge is 0.193 e. The van der Waals surface area contributed by atoms with Crippen LogP contribution in [0.1, 0.15) is 12.0 Å². The number of ether oxygens (including phenoxy) is 3. The molecule has 2 rings (SSSR count). The maximum atomic E-state index is 5.93. The summed E-state index contributed by atoms with van der Waals surface area (Å²) in [6, 6.07) is 11.0. The van der Waals surface area contributed by atoms with Gasteiger partial charge in [0.2, 0.25) is 0 Å². The highest BCUT2D eigenvalue weighted by Gasteiger charge is 2.05. The Bertz CT molecular complexity index is 772. The molecule has 0 aliphatic carbocycles. The average Bonchev–Trinajstić information content (AvgIpc) is 2.62. The van der Waals surface area contributed by atoms with Gasteiger partial charge >= 0.3 is 0 Å². The molecule has 0 heterocycles. The Balaban J connectivity index is 0.00000364. The summed E-state index contributed by atoms with van der Waals surface area (Å²) in [4.78, 5) is 4.30. The van der Waals surface area contributed by atoms with Crippen molar-refractivity contribution in [3.8, 4) is 17.2 Å². The third-order valence-corrected chi connectivity index (χ3v) is 3.87. The Morgan fingerprint density at radius 1 is 1.07 bits per heavy atom. The van der Waals surface area contributed by atoms with Crippen LogP contribution in [0.25, 0.3) is 0 Å². The van der Waals surface area contributed by atoms with E-state index < -0.39 is 0 Å². The van der Waals surface area contributed by atoms with Crippen molar-refractivity contribution < 1.29 is 14.2 Å². The molecule has 8 heteroatoms. The van der Waals surface area contributed by atoms with Gasteiger partial charge in [-0.25, -0.2) is 0 Å². The summed E-state index contributed by atoms with van der Waals surface area (Å²) in [7, 11) is 3.18. The van der Waals surface area contributed by atoms with E-state index in [1.165, 1.54) is 0 Å². The third kappa shape index (κ3) is 7.34. The first kappa shape index (κ1) is 23.2. The van der Waals surface area contributed by atoms with Crippen LogP contribution in [0.15, 0.2) is 41.4 Å². The molecular weight excluding hydrogens is 481 g/mol.